The molecule has 0 radical (unpaired) electrons. The first-order valence-electron chi connectivity index (χ1n) is 7.76. The molecule has 0 fully saturated rings. The molecule has 1 amide bonds. The van der Waals surface area contributed by atoms with Crippen LogP contribution < -0.4 is 14.8 Å². The van der Waals surface area contributed by atoms with E-state index < -0.39 is 6.09 Å². The smallest absolute Gasteiger partial charge is 0.419 e. The second kappa shape index (κ2) is 6.85. The van der Waals surface area contributed by atoms with Gasteiger partial charge in [0.05, 0.1) is 12.8 Å². The molecule has 7 nitrogen and oxygen atoms in total. The maximum atomic E-state index is 12.0. The van der Waals surface area contributed by atoms with Crippen molar-refractivity contribution in [2.75, 3.05) is 12.4 Å². The number of carbonyl (C=O) groups is 1. The molecule has 0 atom stereocenters. The fourth-order valence-corrected chi connectivity index (χ4v) is 3.31. The fourth-order valence-electron chi connectivity index (χ4n) is 2.49. The van der Waals surface area contributed by atoms with Crippen molar-refractivity contribution in [3.63, 3.8) is 0 Å². The predicted octanol–water partition coefficient (Wildman–Crippen LogP) is 4.08. The van der Waals surface area contributed by atoms with Crippen molar-refractivity contribution in [3.05, 3.63) is 60.0 Å². The zero-order chi connectivity index (χ0) is 17.9. The third-order valence-corrected chi connectivity index (χ3v) is 4.45. The molecule has 4 rings (SSSR count). The van der Waals surface area contributed by atoms with E-state index in [0.29, 0.717) is 10.7 Å². The maximum Gasteiger partial charge on any atom is 0.419 e. The highest BCUT2D eigenvalue weighted by Gasteiger charge is 2.16. The molecule has 0 spiro atoms. The van der Waals surface area contributed by atoms with E-state index in [9.17, 15) is 4.79 Å². The Kier molecular flexibility index (Phi) is 4.24. The number of fused-ring (bicyclic) bond motifs is 1. The summed E-state index contributed by atoms with van der Waals surface area (Å²) in [5.74, 6) is 1.36. The van der Waals surface area contributed by atoms with Crippen LogP contribution in [0.5, 0.6) is 11.5 Å². The molecule has 4 aromatic rings. The van der Waals surface area contributed by atoms with Crippen molar-refractivity contribution in [2.24, 2.45) is 0 Å². The van der Waals surface area contributed by atoms with Gasteiger partial charge in [-0.05, 0) is 24.3 Å². The lowest BCUT2D eigenvalue weighted by Crippen LogP contribution is -2.17. The average Bonchev–Trinajstić information content (AvgIpc) is 3.22. The third-order valence-electron chi connectivity index (χ3n) is 3.63. The topological polar surface area (TPSA) is 77.8 Å². The van der Waals surface area contributed by atoms with Crippen molar-refractivity contribution in [2.45, 2.75) is 0 Å². The SMILES string of the molecule is COc1ccccc1-c1csc2nc(NC(=O)Oc3ccccc3)nn12. The summed E-state index contributed by atoms with van der Waals surface area (Å²) in [7, 11) is 1.62. The second-order valence-electron chi connectivity index (χ2n) is 5.28. The van der Waals surface area contributed by atoms with Gasteiger partial charge in [0.15, 0.2) is 0 Å². The first-order chi connectivity index (χ1) is 12.7. The number of aromatic nitrogens is 3. The molecule has 2 heterocycles. The molecule has 0 aliphatic heterocycles. The number of carbonyl (C=O) groups excluding carboxylic acids is 1. The largest absolute Gasteiger partial charge is 0.496 e. The van der Waals surface area contributed by atoms with Crippen molar-refractivity contribution in [3.8, 4) is 22.8 Å². The molecule has 0 saturated carbocycles. The van der Waals surface area contributed by atoms with Gasteiger partial charge in [0, 0.05) is 10.9 Å². The number of methoxy groups -OCH3 is 1. The summed E-state index contributed by atoms with van der Waals surface area (Å²) in [5.41, 5.74) is 1.73. The molecule has 0 unspecified atom stereocenters. The van der Waals surface area contributed by atoms with Crippen LogP contribution in [-0.4, -0.2) is 27.8 Å². The lowest BCUT2D eigenvalue weighted by Gasteiger charge is -2.06. The van der Waals surface area contributed by atoms with Crippen LogP contribution in [0.2, 0.25) is 0 Å². The molecular formula is C18H14N4O3S. The van der Waals surface area contributed by atoms with Gasteiger partial charge in [-0.1, -0.05) is 30.3 Å². The monoisotopic (exact) mass is 366 g/mol. The van der Waals surface area contributed by atoms with E-state index in [0.717, 1.165) is 17.0 Å². The lowest BCUT2D eigenvalue weighted by molar-refractivity contribution is 0.215. The fraction of sp³-hybridized carbons (Fsp3) is 0.0556. The molecule has 0 saturated heterocycles. The Bertz CT molecular complexity index is 1060. The molecule has 2 aromatic heterocycles. The summed E-state index contributed by atoms with van der Waals surface area (Å²) >= 11 is 1.42. The summed E-state index contributed by atoms with van der Waals surface area (Å²) < 4.78 is 12.3. The predicted molar refractivity (Wildman–Crippen MR) is 98.9 cm³/mol. The number of rotatable bonds is 4. The minimum Gasteiger partial charge on any atom is -0.496 e. The van der Waals surface area contributed by atoms with Gasteiger partial charge in [-0.3, -0.25) is 5.32 Å². The molecule has 8 heteroatoms. The van der Waals surface area contributed by atoms with Crippen LogP contribution in [0.1, 0.15) is 0 Å². The van der Waals surface area contributed by atoms with Gasteiger partial charge >= 0.3 is 6.09 Å². The van der Waals surface area contributed by atoms with Gasteiger partial charge in [0.2, 0.25) is 4.96 Å². The number of nitrogens with one attached hydrogen (secondary N) is 1. The Hall–Kier alpha value is -3.39. The van der Waals surface area contributed by atoms with Gasteiger partial charge in [-0.2, -0.15) is 4.98 Å². The summed E-state index contributed by atoms with van der Waals surface area (Å²) in [6.45, 7) is 0. The average molecular weight is 366 g/mol. The Morgan fingerprint density at radius 1 is 1.12 bits per heavy atom. The summed E-state index contributed by atoms with van der Waals surface area (Å²) in [6.07, 6.45) is -0.645. The normalized spacial score (nSPS) is 10.7. The van der Waals surface area contributed by atoms with E-state index in [4.69, 9.17) is 9.47 Å². The Morgan fingerprint density at radius 3 is 2.69 bits per heavy atom. The minimum absolute atomic E-state index is 0.175. The summed E-state index contributed by atoms with van der Waals surface area (Å²) in [4.78, 5) is 17.0. The molecule has 1 N–H and O–H groups in total. The van der Waals surface area contributed by atoms with Crippen molar-refractivity contribution in [1.29, 1.82) is 0 Å². The summed E-state index contributed by atoms with van der Waals surface area (Å²) in [6, 6.07) is 16.5. The van der Waals surface area contributed by atoms with Gasteiger partial charge in [-0.25, -0.2) is 9.31 Å². The minimum atomic E-state index is -0.645. The highest BCUT2D eigenvalue weighted by Crippen LogP contribution is 2.32. The third kappa shape index (κ3) is 3.09. The van der Waals surface area contributed by atoms with Crippen LogP contribution in [-0.2, 0) is 0 Å². The van der Waals surface area contributed by atoms with Gasteiger partial charge in [-0.15, -0.1) is 16.4 Å². The van der Waals surface area contributed by atoms with E-state index in [2.05, 4.69) is 15.4 Å². The lowest BCUT2D eigenvalue weighted by atomic mass is 10.1. The molecule has 0 aliphatic rings. The van der Waals surface area contributed by atoms with Crippen LogP contribution in [0.3, 0.4) is 0 Å². The second-order valence-corrected chi connectivity index (χ2v) is 6.12. The quantitative estimate of drug-likeness (QED) is 0.589. The maximum absolute atomic E-state index is 12.0. The van der Waals surface area contributed by atoms with Crippen LogP contribution in [0, 0.1) is 0 Å². The molecule has 26 heavy (non-hydrogen) atoms. The van der Waals surface area contributed by atoms with Crippen molar-refractivity contribution < 1.29 is 14.3 Å². The van der Waals surface area contributed by atoms with E-state index >= 15 is 0 Å². The number of benzene rings is 2. The number of thiazole rings is 1. The van der Waals surface area contributed by atoms with Gasteiger partial charge < -0.3 is 9.47 Å². The van der Waals surface area contributed by atoms with E-state index in [-0.39, 0.29) is 5.95 Å². The van der Waals surface area contributed by atoms with E-state index in [1.54, 1.807) is 35.9 Å². The van der Waals surface area contributed by atoms with Gasteiger partial charge in [0.1, 0.15) is 11.5 Å². The number of hydrogen-bond acceptors (Lipinski definition) is 6. The zero-order valence-corrected chi connectivity index (χ0v) is 14.6. The Labute approximate surface area is 152 Å². The highest BCUT2D eigenvalue weighted by atomic mass is 32.1. The molecule has 130 valence electrons. The Morgan fingerprint density at radius 2 is 1.88 bits per heavy atom. The molecule has 0 aliphatic carbocycles. The van der Waals surface area contributed by atoms with E-state index in [1.807, 2.05) is 35.7 Å². The summed E-state index contributed by atoms with van der Waals surface area (Å²) in [5, 5.41) is 8.84. The number of anilines is 1. The van der Waals surface area contributed by atoms with Crippen LogP contribution in [0.25, 0.3) is 16.2 Å². The molecular weight excluding hydrogens is 352 g/mol. The first-order valence-corrected chi connectivity index (χ1v) is 8.64. The molecule has 2 aromatic carbocycles. The van der Waals surface area contributed by atoms with Crippen LogP contribution in [0.15, 0.2) is 60.0 Å². The van der Waals surface area contributed by atoms with Crippen molar-refractivity contribution >= 4 is 28.3 Å². The number of ether oxygens (including phenoxy) is 2. The first kappa shape index (κ1) is 16.1. The number of nitrogens with zero attached hydrogens (tertiary/aromatic N) is 3. The zero-order valence-electron chi connectivity index (χ0n) is 13.7. The van der Waals surface area contributed by atoms with Gasteiger partial charge in [0.25, 0.3) is 5.95 Å². The van der Waals surface area contributed by atoms with Crippen LogP contribution >= 0.6 is 11.3 Å². The molecule has 0 bridgehead atoms. The number of para-hydroxylation sites is 2. The van der Waals surface area contributed by atoms with Crippen LogP contribution in [0.4, 0.5) is 10.7 Å². The highest BCUT2D eigenvalue weighted by molar-refractivity contribution is 7.15. The number of amides is 1. The van der Waals surface area contributed by atoms with Crippen molar-refractivity contribution in [1.82, 2.24) is 14.6 Å². The number of hydrogen-bond donors (Lipinski definition) is 1. The standard InChI is InChI=1S/C18H14N4O3S/c1-24-15-10-6-5-9-13(15)14-11-26-17-19-16(21-22(14)17)20-18(23)25-12-7-3-2-4-8-12/h2-11H,1H3,(H,20,21,23). The Balaban J connectivity index is 1.59. The van der Waals surface area contributed by atoms with E-state index in [1.165, 1.54) is 11.3 Å².